The number of hydrazone groups is 1. The van der Waals surface area contributed by atoms with Gasteiger partial charge in [0.25, 0.3) is 5.91 Å². The maximum atomic E-state index is 13.4. The molecule has 27 heavy (non-hydrogen) atoms. The lowest BCUT2D eigenvalue weighted by Crippen LogP contribution is -2.35. The van der Waals surface area contributed by atoms with Crippen molar-refractivity contribution in [2.24, 2.45) is 5.10 Å². The van der Waals surface area contributed by atoms with Crippen molar-refractivity contribution in [1.29, 1.82) is 0 Å². The monoisotopic (exact) mass is 371 g/mol. The fraction of sp³-hybridized carbons (Fsp3) is 0.250. The maximum absolute atomic E-state index is 13.4. The molecule has 0 spiro atoms. The van der Waals surface area contributed by atoms with Gasteiger partial charge in [0, 0.05) is 20.0 Å². The molecule has 0 aromatic heterocycles. The van der Waals surface area contributed by atoms with Crippen LogP contribution in [-0.4, -0.2) is 35.4 Å². The first kappa shape index (κ1) is 18.7. The molecule has 0 N–H and O–H groups in total. The Morgan fingerprint density at radius 1 is 1.15 bits per heavy atom. The highest BCUT2D eigenvalue weighted by molar-refractivity contribution is 6.40. The summed E-state index contributed by atoms with van der Waals surface area (Å²) in [6.45, 7) is 1.57. The average molecular weight is 371 g/mol. The van der Waals surface area contributed by atoms with Crippen molar-refractivity contribution >= 4 is 23.1 Å². The van der Waals surface area contributed by atoms with Crippen LogP contribution in [0.3, 0.4) is 0 Å². The van der Waals surface area contributed by atoms with Gasteiger partial charge in [-0.05, 0) is 36.8 Å². The zero-order valence-electron chi connectivity index (χ0n) is 15.0. The molecule has 0 saturated heterocycles. The van der Waals surface area contributed by atoms with Gasteiger partial charge in [0.1, 0.15) is 11.8 Å². The summed E-state index contributed by atoms with van der Waals surface area (Å²) in [6.07, 6.45) is 0.200. The Morgan fingerprint density at radius 2 is 1.85 bits per heavy atom. The number of para-hydroxylation sites is 1. The minimum Gasteiger partial charge on any atom is -0.336 e. The van der Waals surface area contributed by atoms with Gasteiger partial charge >= 0.3 is 0 Å². The number of anilines is 1. The second-order valence-electron chi connectivity index (χ2n) is 6.47. The molecule has 0 unspecified atom stereocenters. The van der Waals surface area contributed by atoms with Crippen LogP contribution in [0.2, 0.25) is 0 Å². The van der Waals surface area contributed by atoms with Crippen LogP contribution in [0.15, 0.2) is 53.6 Å². The normalized spacial score (nSPS) is 16.2. The van der Waals surface area contributed by atoms with E-state index in [0.717, 1.165) is 17.8 Å². The van der Waals surface area contributed by atoms with Crippen molar-refractivity contribution < 1.29 is 18.4 Å². The van der Waals surface area contributed by atoms with Crippen LogP contribution in [0.25, 0.3) is 0 Å². The minimum absolute atomic E-state index is 0.0892. The van der Waals surface area contributed by atoms with Crippen molar-refractivity contribution in [3.63, 3.8) is 0 Å². The molecule has 0 fully saturated rings. The molecular weight excluding hydrogens is 352 g/mol. The number of Topliss-reactive ketones (excluding diaryl/α,β-unsaturated/α-hetero) is 1. The molecule has 0 saturated carbocycles. The van der Waals surface area contributed by atoms with Gasteiger partial charge in [0.05, 0.1) is 5.69 Å². The Bertz CT molecular complexity index is 899. The quantitative estimate of drug-likeness (QED) is 0.811. The van der Waals surface area contributed by atoms with Gasteiger partial charge < -0.3 is 4.90 Å². The summed E-state index contributed by atoms with van der Waals surface area (Å²) in [5, 5.41) is 5.92. The van der Waals surface area contributed by atoms with Crippen LogP contribution in [0.1, 0.15) is 18.9 Å². The fourth-order valence-corrected chi connectivity index (χ4v) is 2.98. The molecule has 140 valence electrons. The highest BCUT2D eigenvalue weighted by Crippen LogP contribution is 2.25. The second kappa shape index (κ2) is 7.65. The number of halogens is 2. The van der Waals surface area contributed by atoms with Crippen LogP contribution < -0.4 is 5.01 Å². The van der Waals surface area contributed by atoms with Crippen LogP contribution in [-0.2, 0) is 16.1 Å². The van der Waals surface area contributed by atoms with E-state index in [-0.39, 0.29) is 30.4 Å². The van der Waals surface area contributed by atoms with E-state index in [2.05, 4.69) is 5.10 Å². The summed E-state index contributed by atoms with van der Waals surface area (Å²) in [7, 11) is 1.56. The van der Waals surface area contributed by atoms with Crippen molar-refractivity contribution in [1.82, 2.24) is 4.90 Å². The fourth-order valence-electron chi connectivity index (χ4n) is 2.98. The lowest BCUT2D eigenvalue weighted by atomic mass is 10.1. The van der Waals surface area contributed by atoms with E-state index in [9.17, 15) is 18.4 Å². The summed E-state index contributed by atoms with van der Waals surface area (Å²) in [5.74, 6) is -2.34. The molecular formula is C20H19F2N3O2. The third-order valence-corrected chi connectivity index (χ3v) is 4.40. The van der Waals surface area contributed by atoms with E-state index in [1.807, 2.05) is 30.3 Å². The predicted octanol–water partition coefficient (Wildman–Crippen LogP) is 3.15. The van der Waals surface area contributed by atoms with Gasteiger partial charge in [-0.1, -0.05) is 24.3 Å². The molecule has 7 heteroatoms. The molecule has 0 aliphatic carbocycles. The Kier molecular flexibility index (Phi) is 5.30. The molecule has 1 atom stereocenters. The van der Waals surface area contributed by atoms with Crippen LogP contribution >= 0.6 is 0 Å². The topological polar surface area (TPSA) is 53.0 Å². The Labute approximate surface area is 155 Å². The smallest absolute Gasteiger partial charge is 0.270 e. The van der Waals surface area contributed by atoms with Crippen molar-refractivity contribution in [3.8, 4) is 0 Å². The molecule has 1 aliphatic heterocycles. The molecule has 1 aliphatic rings. The molecule has 1 amide bonds. The van der Waals surface area contributed by atoms with Crippen molar-refractivity contribution in [2.75, 3.05) is 12.1 Å². The number of carbonyl (C=O) groups excluding carboxylic acids is 2. The third kappa shape index (κ3) is 4.02. The molecule has 1 heterocycles. The first-order valence-corrected chi connectivity index (χ1v) is 8.48. The van der Waals surface area contributed by atoms with E-state index in [1.165, 1.54) is 17.9 Å². The summed E-state index contributed by atoms with van der Waals surface area (Å²) in [6, 6.07) is 12.1. The number of ketones is 1. The van der Waals surface area contributed by atoms with Crippen LogP contribution in [0, 0.1) is 11.6 Å². The number of hydrogen-bond acceptors (Lipinski definition) is 4. The number of benzene rings is 2. The number of amides is 1. The summed E-state index contributed by atoms with van der Waals surface area (Å²) >= 11 is 0. The van der Waals surface area contributed by atoms with Gasteiger partial charge in [0.2, 0.25) is 0 Å². The largest absolute Gasteiger partial charge is 0.336 e. The highest BCUT2D eigenvalue weighted by atomic mass is 19.2. The van der Waals surface area contributed by atoms with Gasteiger partial charge in [-0.15, -0.1) is 0 Å². The first-order valence-electron chi connectivity index (χ1n) is 8.48. The van der Waals surface area contributed by atoms with E-state index in [4.69, 9.17) is 0 Å². The average Bonchev–Trinajstić information content (AvgIpc) is 3.10. The zero-order valence-corrected chi connectivity index (χ0v) is 15.0. The molecule has 2 aromatic rings. The SMILES string of the molecule is CC(=O)[C@@H]1CC(C(=O)N(C)Cc2ccc(F)c(F)c2)=NN1c1ccccc1. The summed E-state index contributed by atoms with van der Waals surface area (Å²) in [5.41, 5.74) is 1.44. The Morgan fingerprint density at radius 3 is 2.48 bits per heavy atom. The molecule has 2 aromatic carbocycles. The van der Waals surface area contributed by atoms with Gasteiger partial charge in [-0.3, -0.25) is 14.6 Å². The van der Waals surface area contributed by atoms with Gasteiger partial charge in [-0.2, -0.15) is 5.10 Å². The second-order valence-corrected chi connectivity index (χ2v) is 6.47. The number of rotatable bonds is 5. The lowest BCUT2D eigenvalue weighted by Gasteiger charge is -2.20. The highest BCUT2D eigenvalue weighted by Gasteiger charge is 2.35. The van der Waals surface area contributed by atoms with E-state index < -0.39 is 17.7 Å². The first-order chi connectivity index (χ1) is 12.9. The minimum atomic E-state index is -0.960. The predicted molar refractivity (Wildman–Crippen MR) is 98.3 cm³/mol. The van der Waals surface area contributed by atoms with Crippen LogP contribution in [0.4, 0.5) is 14.5 Å². The van der Waals surface area contributed by atoms with E-state index >= 15 is 0 Å². The van der Waals surface area contributed by atoms with Crippen molar-refractivity contribution in [2.45, 2.75) is 25.9 Å². The third-order valence-electron chi connectivity index (χ3n) is 4.40. The lowest BCUT2D eigenvalue weighted by molar-refractivity contribution is -0.123. The number of nitrogens with zero attached hydrogens (tertiary/aromatic N) is 3. The Balaban J connectivity index is 1.78. The molecule has 0 bridgehead atoms. The van der Waals surface area contributed by atoms with E-state index in [0.29, 0.717) is 5.56 Å². The zero-order chi connectivity index (χ0) is 19.6. The van der Waals surface area contributed by atoms with Gasteiger partial charge in [-0.25, -0.2) is 8.78 Å². The van der Waals surface area contributed by atoms with Gasteiger partial charge in [0.15, 0.2) is 17.4 Å². The molecule has 0 radical (unpaired) electrons. The van der Waals surface area contributed by atoms with E-state index in [1.54, 1.807) is 12.1 Å². The maximum Gasteiger partial charge on any atom is 0.270 e. The summed E-state index contributed by atoms with van der Waals surface area (Å²) in [4.78, 5) is 26.1. The molecule has 3 rings (SSSR count). The number of carbonyl (C=O) groups is 2. The standard InChI is InChI=1S/C20H19F2N3O2/c1-13(26)19-11-18(23-25(19)15-6-4-3-5-7-15)20(27)24(2)12-14-8-9-16(21)17(22)10-14/h3-10,19H,11-12H2,1-2H3/t19-/m0/s1. The van der Waals surface area contributed by atoms with Crippen molar-refractivity contribution in [3.05, 3.63) is 65.7 Å². The molecule has 5 nitrogen and oxygen atoms in total. The van der Waals surface area contributed by atoms with Crippen LogP contribution in [0.5, 0.6) is 0 Å². The Hall–Kier alpha value is -3.09. The number of hydrogen-bond donors (Lipinski definition) is 0. The summed E-state index contributed by atoms with van der Waals surface area (Å²) < 4.78 is 26.4.